The second-order valence-electron chi connectivity index (χ2n) is 11.2. The Kier molecular flexibility index (Phi) is 8.12. The highest BCUT2D eigenvalue weighted by Gasteiger charge is 2.27. The lowest BCUT2D eigenvalue weighted by molar-refractivity contribution is 0.174. The Labute approximate surface area is 236 Å². The van der Waals surface area contributed by atoms with E-state index in [4.69, 9.17) is 15.5 Å². The Bertz CT molecular complexity index is 1500. The molecule has 1 saturated carbocycles. The molecule has 9 nitrogen and oxygen atoms in total. The number of aromatic nitrogens is 5. The van der Waals surface area contributed by atoms with Gasteiger partial charge in [-0.05, 0) is 75.8 Å². The molecule has 0 saturated heterocycles. The maximum Gasteiger partial charge on any atom is 0.316 e. The van der Waals surface area contributed by atoms with E-state index in [0.29, 0.717) is 29.7 Å². The summed E-state index contributed by atoms with van der Waals surface area (Å²) in [6.07, 6.45) is 11.5. The van der Waals surface area contributed by atoms with Crippen molar-refractivity contribution in [3.05, 3.63) is 58.7 Å². The molecular weight excluding hydrogens is 500 g/mol. The van der Waals surface area contributed by atoms with Crippen LogP contribution < -0.4 is 10.5 Å². The molecule has 4 heterocycles. The summed E-state index contributed by atoms with van der Waals surface area (Å²) in [5, 5.41) is 0. The van der Waals surface area contributed by atoms with Gasteiger partial charge in [-0.3, -0.25) is 9.88 Å². The molecule has 1 aliphatic carbocycles. The largest absolute Gasteiger partial charge is 0.467 e. The van der Waals surface area contributed by atoms with Gasteiger partial charge in [0.2, 0.25) is 0 Å². The van der Waals surface area contributed by atoms with Crippen molar-refractivity contribution in [3.63, 3.8) is 0 Å². The SMILES string of the molecule is COc1ncc(CN(C)C2CCC(c3ccc4[nH]c(-c5cnc(N=CN)c(C)c5C)c(C(C)C)c4n3)CC2)cn1. The van der Waals surface area contributed by atoms with Gasteiger partial charge >= 0.3 is 6.01 Å². The molecule has 210 valence electrons. The zero-order valence-electron chi connectivity index (χ0n) is 24.4. The number of pyridine rings is 2. The van der Waals surface area contributed by atoms with E-state index in [1.807, 2.05) is 25.5 Å². The second kappa shape index (κ2) is 11.7. The summed E-state index contributed by atoms with van der Waals surface area (Å²) in [5.41, 5.74) is 15.6. The van der Waals surface area contributed by atoms with Crippen LogP contribution in [-0.2, 0) is 6.54 Å². The fraction of sp³-hybridized carbons (Fsp3) is 0.452. The van der Waals surface area contributed by atoms with Gasteiger partial charge in [0.25, 0.3) is 0 Å². The molecule has 4 aromatic heterocycles. The maximum atomic E-state index is 5.52. The van der Waals surface area contributed by atoms with Crippen molar-refractivity contribution in [3.8, 4) is 17.3 Å². The number of nitrogens with two attached hydrogens (primary N) is 1. The molecule has 9 heteroatoms. The van der Waals surface area contributed by atoms with E-state index in [1.54, 1.807) is 7.11 Å². The Balaban J connectivity index is 1.35. The molecule has 0 aliphatic heterocycles. The van der Waals surface area contributed by atoms with Crippen LogP contribution in [0, 0.1) is 13.8 Å². The number of hydrogen-bond donors (Lipinski definition) is 2. The lowest BCUT2D eigenvalue weighted by Crippen LogP contribution is -2.34. The molecule has 0 spiro atoms. The van der Waals surface area contributed by atoms with Gasteiger partial charge in [-0.2, -0.15) is 0 Å². The van der Waals surface area contributed by atoms with Gasteiger partial charge in [0.15, 0.2) is 5.82 Å². The van der Waals surface area contributed by atoms with Crippen LogP contribution >= 0.6 is 0 Å². The number of hydrogen-bond acceptors (Lipinski definition) is 7. The molecule has 5 rings (SSSR count). The van der Waals surface area contributed by atoms with Crippen LogP contribution in [-0.4, -0.2) is 56.4 Å². The zero-order chi connectivity index (χ0) is 28.4. The number of methoxy groups -OCH3 is 1. The number of nitrogens with zero attached hydrogens (tertiary/aromatic N) is 6. The molecule has 3 N–H and O–H groups in total. The van der Waals surface area contributed by atoms with E-state index in [1.165, 1.54) is 17.6 Å². The Morgan fingerprint density at radius 3 is 2.45 bits per heavy atom. The Morgan fingerprint density at radius 1 is 1.07 bits per heavy atom. The van der Waals surface area contributed by atoms with Crippen molar-refractivity contribution >= 4 is 23.2 Å². The van der Waals surface area contributed by atoms with Crippen LogP contribution in [0.4, 0.5) is 5.82 Å². The predicted octanol–water partition coefficient (Wildman–Crippen LogP) is 5.94. The zero-order valence-corrected chi connectivity index (χ0v) is 24.4. The third-order valence-electron chi connectivity index (χ3n) is 8.40. The van der Waals surface area contributed by atoms with Gasteiger partial charge in [0.05, 0.1) is 30.2 Å². The summed E-state index contributed by atoms with van der Waals surface area (Å²) in [4.78, 5) is 28.7. The number of H-pyrrole nitrogens is 1. The minimum atomic E-state index is 0.305. The van der Waals surface area contributed by atoms with Crippen molar-refractivity contribution in [2.75, 3.05) is 14.2 Å². The molecule has 0 atom stereocenters. The summed E-state index contributed by atoms with van der Waals surface area (Å²) in [6, 6.07) is 5.37. The van der Waals surface area contributed by atoms with Crippen molar-refractivity contribution in [1.82, 2.24) is 29.8 Å². The molecular formula is C31H40N8O. The summed E-state index contributed by atoms with van der Waals surface area (Å²) in [7, 11) is 3.78. The van der Waals surface area contributed by atoms with E-state index < -0.39 is 0 Å². The monoisotopic (exact) mass is 540 g/mol. The number of aliphatic imine (C=N–C) groups is 1. The quantitative estimate of drug-likeness (QED) is 0.210. The Hall–Kier alpha value is -3.85. The van der Waals surface area contributed by atoms with Crippen molar-refractivity contribution in [1.29, 1.82) is 0 Å². The average molecular weight is 541 g/mol. The van der Waals surface area contributed by atoms with E-state index in [2.05, 4.69) is 69.8 Å². The third-order valence-corrected chi connectivity index (χ3v) is 8.40. The van der Waals surface area contributed by atoms with Gasteiger partial charge in [0.1, 0.15) is 0 Å². The molecule has 0 bridgehead atoms. The van der Waals surface area contributed by atoms with Gasteiger partial charge in [-0.25, -0.2) is 19.9 Å². The first-order valence-corrected chi connectivity index (χ1v) is 14.1. The highest BCUT2D eigenvalue weighted by Crippen LogP contribution is 2.40. The molecule has 40 heavy (non-hydrogen) atoms. The number of nitrogens with one attached hydrogen (secondary N) is 1. The van der Waals surface area contributed by atoms with Crippen LogP contribution in [0.1, 0.15) is 79.3 Å². The lowest BCUT2D eigenvalue weighted by atomic mass is 9.83. The van der Waals surface area contributed by atoms with Gasteiger partial charge < -0.3 is 15.5 Å². The summed E-state index contributed by atoms with van der Waals surface area (Å²) in [5.74, 6) is 1.43. The second-order valence-corrected chi connectivity index (χ2v) is 11.2. The normalized spacial score (nSPS) is 17.9. The summed E-state index contributed by atoms with van der Waals surface area (Å²) < 4.78 is 5.08. The molecule has 0 amide bonds. The van der Waals surface area contributed by atoms with Crippen molar-refractivity contribution in [2.45, 2.75) is 77.8 Å². The van der Waals surface area contributed by atoms with Crippen molar-refractivity contribution < 1.29 is 4.74 Å². The molecule has 1 fully saturated rings. The van der Waals surface area contributed by atoms with Crippen LogP contribution in [0.2, 0.25) is 0 Å². The minimum Gasteiger partial charge on any atom is -0.467 e. The topological polar surface area (TPSA) is 118 Å². The fourth-order valence-corrected chi connectivity index (χ4v) is 6.00. The molecule has 0 aromatic carbocycles. The van der Waals surface area contributed by atoms with Crippen LogP contribution in [0.3, 0.4) is 0 Å². The standard InChI is InChI=1S/C31H40N8O/c1-18(2)27-28(24-15-33-30(36-17-32)20(4)19(24)3)38-26-12-11-25(37-29(26)27)22-7-9-23(10-8-22)39(5)16-21-13-34-31(40-6)35-14-21/h11-15,17-18,22-23,38H,7-10,16H2,1-6H3,(H2,32,33,36). The van der Waals surface area contributed by atoms with Gasteiger partial charge in [0, 0.05) is 59.5 Å². The van der Waals surface area contributed by atoms with E-state index in [9.17, 15) is 0 Å². The molecule has 0 unspecified atom stereocenters. The summed E-state index contributed by atoms with van der Waals surface area (Å²) >= 11 is 0. The van der Waals surface area contributed by atoms with Crippen LogP contribution in [0.25, 0.3) is 22.3 Å². The van der Waals surface area contributed by atoms with Gasteiger partial charge in [-0.1, -0.05) is 13.8 Å². The lowest BCUT2D eigenvalue weighted by Gasteiger charge is -2.34. The number of fused-ring (bicyclic) bond motifs is 1. The molecule has 1 aliphatic rings. The van der Waals surface area contributed by atoms with Crippen LogP contribution in [0.5, 0.6) is 6.01 Å². The maximum absolute atomic E-state index is 5.52. The number of ether oxygens (including phenoxy) is 1. The number of aromatic amines is 1. The minimum absolute atomic E-state index is 0.305. The van der Waals surface area contributed by atoms with Gasteiger partial charge in [-0.15, -0.1) is 0 Å². The number of rotatable bonds is 8. The highest BCUT2D eigenvalue weighted by molar-refractivity contribution is 5.89. The highest BCUT2D eigenvalue weighted by atomic mass is 16.5. The molecule has 4 aromatic rings. The Morgan fingerprint density at radius 2 is 1.80 bits per heavy atom. The van der Waals surface area contributed by atoms with E-state index >= 15 is 0 Å². The first-order valence-electron chi connectivity index (χ1n) is 14.1. The summed E-state index contributed by atoms with van der Waals surface area (Å²) in [6.45, 7) is 9.46. The van der Waals surface area contributed by atoms with Crippen LogP contribution in [0.15, 0.2) is 35.7 Å². The van der Waals surface area contributed by atoms with Crippen molar-refractivity contribution in [2.24, 2.45) is 10.7 Å². The predicted molar refractivity (Wildman–Crippen MR) is 160 cm³/mol. The average Bonchev–Trinajstić information content (AvgIpc) is 3.35. The van der Waals surface area contributed by atoms with E-state index in [-0.39, 0.29) is 0 Å². The fourth-order valence-electron chi connectivity index (χ4n) is 6.00. The first kappa shape index (κ1) is 27.7. The van der Waals surface area contributed by atoms with E-state index in [0.717, 1.165) is 71.2 Å². The third kappa shape index (κ3) is 5.43. The first-order chi connectivity index (χ1) is 19.3. The smallest absolute Gasteiger partial charge is 0.316 e. The molecule has 0 radical (unpaired) electrons.